The number of ether oxygens (including phenoxy) is 1. The van der Waals surface area contributed by atoms with Gasteiger partial charge in [-0.3, -0.25) is 0 Å². The van der Waals surface area contributed by atoms with Crippen LogP contribution in [0.2, 0.25) is 5.02 Å². The van der Waals surface area contributed by atoms with Crippen LogP contribution in [0, 0.1) is 5.82 Å². The molecule has 0 atom stereocenters. The van der Waals surface area contributed by atoms with E-state index in [1.165, 1.54) is 12.1 Å². The highest BCUT2D eigenvalue weighted by Crippen LogP contribution is 2.22. The van der Waals surface area contributed by atoms with E-state index in [0.717, 1.165) is 12.8 Å². The maximum Gasteiger partial charge on any atom is 0.142 e. The zero-order valence-corrected chi connectivity index (χ0v) is 9.14. The van der Waals surface area contributed by atoms with Gasteiger partial charge in [0.05, 0.1) is 11.1 Å². The van der Waals surface area contributed by atoms with Gasteiger partial charge >= 0.3 is 0 Å². The van der Waals surface area contributed by atoms with Gasteiger partial charge in [-0.05, 0) is 25.0 Å². The summed E-state index contributed by atoms with van der Waals surface area (Å²) in [5, 5.41) is 0.105. The van der Waals surface area contributed by atoms with Gasteiger partial charge in [-0.15, -0.1) is 0 Å². The highest BCUT2D eigenvalue weighted by molar-refractivity contribution is 6.30. The smallest absolute Gasteiger partial charge is 0.142 e. The van der Waals surface area contributed by atoms with Crippen molar-refractivity contribution in [1.82, 2.24) is 0 Å². The second-order valence-corrected chi connectivity index (χ2v) is 3.54. The van der Waals surface area contributed by atoms with Crippen LogP contribution in [0.3, 0.4) is 0 Å². The number of hydrogen-bond donors (Lipinski definition) is 0. The summed E-state index contributed by atoms with van der Waals surface area (Å²) in [4.78, 5) is 0. The lowest BCUT2D eigenvalue weighted by atomic mass is 10.2. The van der Waals surface area contributed by atoms with Crippen LogP contribution in [0.4, 0.5) is 4.39 Å². The Morgan fingerprint density at radius 2 is 2.00 bits per heavy atom. The fraction of sp³-hybridized carbons (Fsp3) is 0.455. The molecule has 0 fully saturated rings. The van der Waals surface area contributed by atoms with Crippen LogP contribution < -0.4 is 4.74 Å². The lowest BCUT2D eigenvalue weighted by Crippen LogP contribution is -2.13. The number of benzene rings is 1. The summed E-state index contributed by atoms with van der Waals surface area (Å²) in [5.41, 5.74) is 0. The first-order valence-electron chi connectivity index (χ1n) is 4.79. The number of halogens is 2. The van der Waals surface area contributed by atoms with Crippen molar-refractivity contribution in [3.63, 3.8) is 0 Å². The first kappa shape index (κ1) is 11.3. The summed E-state index contributed by atoms with van der Waals surface area (Å²) in [5.74, 6) is 0.216. The van der Waals surface area contributed by atoms with E-state index in [1.54, 1.807) is 6.07 Å². The Labute approximate surface area is 88.8 Å². The Balaban J connectivity index is 2.72. The Hall–Kier alpha value is -0.760. The standard InChI is InChI=1S/C11H14ClFO/c1-3-8(4-2)14-9-5-6-11(13)10(12)7-9/h5-8H,3-4H2,1-2H3. The molecule has 14 heavy (non-hydrogen) atoms. The normalized spacial score (nSPS) is 10.6. The monoisotopic (exact) mass is 216 g/mol. The number of rotatable bonds is 4. The fourth-order valence-corrected chi connectivity index (χ4v) is 1.37. The Kier molecular flexibility index (Phi) is 4.21. The molecule has 0 aliphatic rings. The van der Waals surface area contributed by atoms with E-state index in [-0.39, 0.29) is 11.1 Å². The van der Waals surface area contributed by atoms with Gasteiger partial charge in [0, 0.05) is 6.07 Å². The molecule has 0 unspecified atom stereocenters. The van der Waals surface area contributed by atoms with Crippen molar-refractivity contribution in [2.24, 2.45) is 0 Å². The van der Waals surface area contributed by atoms with Gasteiger partial charge in [-0.25, -0.2) is 4.39 Å². The predicted molar refractivity (Wildman–Crippen MR) is 56.4 cm³/mol. The molecule has 78 valence electrons. The molecule has 0 aliphatic carbocycles. The summed E-state index contributed by atoms with van der Waals surface area (Å²) in [6.07, 6.45) is 2.05. The SMILES string of the molecule is CCC(CC)Oc1ccc(F)c(Cl)c1. The minimum absolute atomic E-state index is 0.105. The average Bonchev–Trinajstić information content (AvgIpc) is 2.19. The fourth-order valence-electron chi connectivity index (χ4n) is 1.20. The van der Waals surface area contributed by atoms with Crippen molar-refractivity contribution >= 4 is 11.6 Å². The molecule has 1 aromatic carbocycles. The molecule has 0 saturated heterocycles. The minimum atomic E-state index is -0.413. The molecule has 1 rings (SSSR count). The average molecular weight is 217 g/mol. The van der Waals surface area contributed by atoms with Gasteiger partial charge in [-0.1, -0.05) is 25.4 Å². The van der Waals surface area contributed by atoms with Crippen LogP contribution in [0.15, 0.2) is 18.2 Å². The second kappa shape index (κ2) is 5.20. The van der Waals surface area contributed by atoms with E-state index in [2.05, 4.69) is 13.8 Å². The zero-order valence-electron chi connectivity index (χ0n) is 8.39. The van der Waals surface area contributed by atoms with Gasteiger partial charge in [0.1, 0.15) is 11.6 Å². The van der Waals surface area contributed by atoms with Crippen molar-refractivity contribution in [3.05, 3.63) is 29.0 Å². The van der Waals surface area contributed by atoms with Crippen molar-refractivity contribution in [2.45, 2.75) is 32.8 Å². The molecule has 0 heterocycles. The predicted octanol–water partition coefficient (Wildman–Crippen LogP) is 4.05. The van der Waals surface area contributed by atoms with Gasteiger partial charge in [0.25, 0.3) is 0 Å². The van der Waals surface area contributed by atoms with Crippen LogP contribution in [-0.2, 0) is 0 Å². The lowest BCUT2D eigenvalue weighted by Gasteiger charge is -2.15. The maximum atomic E-state index is 12.8. The quantitative estimate of drug-likeness (QED) is 0.738. The largest absolute Gasteiger partial charge is 0.490 e. The molecule has 1 aromatic rings. The van der Waals surface area contributed by atoms with Crippen molar-refractivity contribution in [3.8, 4) is 5.75 Å². The Bertz CT molecular complexity index is 297. The van der Waals surface area contributed by atoms with Gasteiger partial charge < -0.3 is 4.74 Å². The zero-order chi connectivity index (χ0) is 10.6. The van der Waals surface area contributed by atoms with Gasteiger partial charge in [-0.2, -0.15) is 0 Å². The molecule has 1 nitrogen and oxygen atoms in total. The molecule has 0 aliphatic heterocycles. The second-order valence-electron chi connectivity index (χ2n) is 3.13. The minimum Gasteiger partial charge on any atom is -0.490 e. The number of hydrogen-bond acceptors (Lipinski definition) is 1. The third kappa shape index (κ3) is 2.88. The molecule has 0 amide bonds. The Morgan fingerprint density at radius 3 is 2.50 bits per heavy atom. The van der Waals surface area contributed by atoms with Crippen molar-refractivity contribution < 1.29 is 9.13 Å². The third-order valence-corrected chi connectivity index (χ3v) is 2.39. The van der Waals surface area contributed by atoms with Crippen molar-refractivity contribution in [2.75, 3.05) is 0 Å². The molecular weight excluding hydrogens is 203 g/mol. The van der Waals surface area contributed by atoms with Gasteiger partial charge in [0.2, 0.25) is 0 Å². The molecule has 0 saturated carbocycles. The summed E-state index contributed by atoms with van der Waals surface area (Å²) in [7, 11) is 0. The molecule has 0 spiro atoms. The molecule has 0 bridgehead atoms. The molecule has 0 aromatic heterocycles. The molecule has 3 heteroatoms. The van der Waals surface area contributed by atoms with E-state index < -0.39 is 5.82 Å². The molecular formula is C11H14ClFO. The summed E-state index contributed by atoms with van der Waals surface area (Å²) < 4.78 is 18.4. The molecule has 0 radical (unpaired) electrons. The summed E-state index contributed by atoms with van der Waals surface area (Å²) >= 11 is 5.63. The Morgan fingerprint density at radius 1 is 1.36 bits per heavy atom. The van der Waals surface area contributed by atoms with Crippen LogP contribution in [0.1, 0.15) is 26.7 Å². The summed E-state index contributed by atoms with van der Waals surface area (Å²) in [6.45, 7) is 4.11. The van der Waals surface area contributed by atoms with Crippen LogP contribution in [0.25, 0.3) is 0 Å². The van der Waals surface area contributed by atoms with E-state index in [1.807, 2.05) is 0 Å². The third-order valence-electron chi connectivity index (χ3n) is 2.10. The highest BCUT2D eigenvalue weighted by atomic mass is 35.5. The van der Waals surface area contributed by atoms with Gasteiger partial charge in [0.15, 0.2) is 0 Å². The van der Waals surface area contributed by atoms with E-state index >= 15 is 0 Å². The lowest BCUT2D eigenvalue weighted by molar-refractivity contribution is 0.192. The van der Waals surface area contributed by atoms with E-state index in [4.69, 9.17) is 16.3 Å². The first-order chi connectivity index (χ1) is 6.67. The van der Waals surface area contributed by atoms with Crippen LogP contribution in [-0.4, -0.2) is 6.10 Å². The maximum absolute atomic E-state index is 12.8. The van der Waals surface area contributed by atoms with Crippen LogP contribution >= 0.6 is 11.6 Å². The van der Waals surface area contributed by atoms with Crippen LogP contribution in [0.5, 0.6) is 5.75 Å². The van der Waals surface area contributed by atoms with Crippen molar-refractivity contribution in [1.29, 1.82) is 0 Å². The summed E-state index contributed by atoms with van der Waals surface area (Å²) in [6, 6.07) is 4.43. The molecule has 0 N–H and O–H groups in total. The highest BCUT2D eigenvalue weighted by Gasteiger charge is 2.07. The van der Waals surface area contributed by atoms with E-state index in [9.17, 15) is 4.39 Å². The van der Waals surface area contributed by atoms with E-state index in [0.29, 0.717) is 5.75 Å². The topological polar surface area (TPSA) is 9.23 Å². The first-order valence-corrected chi connectivity index (χ1v) is 5.16.